The highest BCUT2D eigenvalue weighted by Gasteiger charge is 2.21. The fourth-order valence-electron chi connectivity index (χ4n) is 3.36. The lowest BCUT2D eigenvalue weighted by atomic mass is 10.1. The molecule has 4 aromatic rings. The maximum Gasteiger partial charge on any atom is 0.264 e. The Labute approximate surface area is 202 Å². The van der Waals surface area contributed by atoms with Gasteiger partial charge in [0.2, 0.25) is 0 Å². The molecule has 1 N–H and O–H groups in total. The van der Waals surface area contributed by atoms with Crippen LogP contribution in [-0.2, 0) is 10.0 Å². The van der Waals surface area contributed by atoms with Crippen molar-refractivity contribution < 1.29 is 17.9 Å². The fraction of sp³-hybridized carbons (Fsp3) is 0.120. The van der Waals surface area contributed by atoms with Crippen LogP contribution in [0.15, 0.2) is 83.1 Å². The summed E-state index contributed by atoms with van der Waals surface area (Å²) in [5.74, 6) is 0.323. The van der Waals surface area contributed by atoms with Crippen molar-refractivity contribution in [2.75, 3.05) is 23.8 Å². The number of hydrogen-bond donors (Lipinski definition) is 1. The van der Waals surface area contributed by atoms with E-state index in [-0.39, 0.29) is 10.8 Å². The molecule has 7 nitrogen and oxygen atoms in total. The molecular weight excluding hydrogens is 470 g/mol. The average molecular weight is 494 g/mol. The normalized spacial score (nSPS) is 11.1. The minimum Gasteiger partial charge on any atom is -0.496 e. The van der Waals surface area contributed by atoms with Crippen LogP contribution in [0.25, 0.3) is 11.3 Å². The first kappa shape index (κ1) is 23.5. The number of hydrogen-bond acceptors (Lipinski definition) is 6. The van der Waals surface area contributed by atoms with Gasteiger partial charge in [-0.1, -0.05) is 29.8 Å². The summed E-state index contributed by atoms with van der Waals surface area (Å²) >= 11 is 1.30. The Balaban J connectivity index is 1.50. The summed E-state index contributed by atoms with van der Waals surface area (Å²) in [6.45, 7) is 1.99. The first-order chi connectivity index (χ1) is 16.3. The number of thiazole rings is 1. The second kappa shape index (κ2) is 9.66. The zero-order valence-corrected chi connectivity index (χ0v) is 20.5. The predicted molar refractivity (Wildman–Crippen MR) is 135 cm³/mol. The molecule has 9 heteroatoms. The molecule has 1 aromatic heterocycles. The zero-order chi connectivity index (χ0) is 24.3. The van der Waals surface area contributed by atoms with Gasteiger partial charge in [0.1, 0.15) is 5.75 Å². The maximum absolute atomic E-state index is 12.9. The van der Waals surface area contributed by atoms with Crippen LogP contribution < -0.4 is 14.4 Å². The van der Waals surface area contributed by atoms with E-state index in [1.165, 1.54) is 47.0 Å². The molecule has 0 saturated carbocycles. The molecule has 0 aliphatic carbocycles. The number of methoxy groups -OCH3 is 1. The third-order valence-electron chi connectivity index (χ3n) is 5.25. The van der Waals surface area contributed by atoms with Crippen molar-refractivity contribution in [1.82, 2.24) is 4.98 Å². The number of benzene rings is 3. The van der Waals surface area contributed by atoms with E-state index < -0.39 is 10.0 Å². The Hall–Kier alpha value is -3.69. The van der Waals surface area contributed by atoms with Crippen molar-refractivity contribution in [2.24, 2.45) is 0 Å². The molecule has 0 bridgehead atoms. The first-order valence-corrected chi connectivity index (χ1v) is 12.7. The van der Waals surface area contributed by atoms with Crippen molar-refractivity contribution in [1.29, 1.82) is 0 Å². The number of carbonyl (C=O) groups is 1. The third-order valence-corrected chi connectivity index (χ3v) is 7.81. The van der Waals surface area contributed by atoms with Crippen LogP contribution in [0.2, 0.25) is 0 Å². The summed E-state index contributed by atoms with van der Waals surface area (Å²) in [5, 5.41) is 5.06. The molecule has 0 atom stereocenters. The highest BCUT2D eigenvalue weighted by atomic mass is 32.2. The second-order valence-electron chi connectivity index (χ2n) is 7.53. The summed E-state index contributed by atoms with van der Waals surface area (Å²) in [7, 11) is -0.655. The molecule has 4 rings (SSSR count). The Morgan fingerprint density at radius 3 is 2.41 bits per heavy atom. The number of nitrogens with zero attached hydrogens (tertiary/aromatic N) is 2. The lowest BCUT2D eigenvalue weighted by molar-refractivity contribution is 0.102. The van der Waals surface area contributed by atoms with Gasteiger partial charge in [0.05, 0.1) is 23.4 Å². The summed E-state index contributed by atoms with van der Waals surface area (Å²) in [4.78, 5) is 17.3. The van der Waals surface area contributed by atoms with E-state index in [0.29, 0.717) is 27.8 Å². The molecule has 3 aromatic carbocycles. The number of carbonyl (C=O) groups excluding carboxylic acids is 1. The van der Waals surface area contributed by atoms with Gasteiger partial charge < -0.3 is 4.74 Å². The molecule has 0 radical (unpaired) electrons. The summed E-state index contributed by atoms with van der Waals surface area (Å²) in [6, 6.07) is 20.4. The maximum atomic E-state index is 12.9. The number of aromatic nitrogens is 1. The highest BCUT2D eigenvalue weighted by molar-refractivity contribution is 7.92. The zero-order valence-electron chi connectivity index (χ0n) is 18.8. The largest absolute Gasteiger partial charge is 0.496 e. The SMILES string of the molecule is COc1ccc(C)cc1-c1csc(NC(=O)c2ccc(S(=O)(=O)N(C)c3ccccc3)cc2)n1. The molecule has 174 valence electrons. The van der Waals surface area contributed by atoms with Gasteiger partial charge in [-0.25, -0.2) is 13.4 Å². The monoisotopic (exact) mass is 493 g/mol. The summed E-state index contributed by atoms with van der Waals surface area (Å²) in [6.07, 6.45) is 0. The van der Waals surface area contributed by atoms with E-state index in [1.807, 2.05) is 36.6 Å². The van der Waals surface area contributed by atoms with Crippen LogP contribution in [0.3, 0.4) is 0 Å². The van der Waals surface area contributed by atoms with Crippen LogP contribution in [0.5, 0.6) is 5.75 Å². The molecule has 0 saturated heterocycles. The van der Waals surface area contributed by atoms with Gasteiger partial charge in [0.15, 0.2) is 5.13 Å². The quantitative estimate of drug-likeness (QED) is 0.382. The van der Waals surface area contributed by atoms with E-state index in [9.17, 15) is 13.2 Å². The van der Waals surface area contributed by atoms with Crippen molar-refractivity contribution in [3.8, 4) is 17.0 Å². The number of anilines is 2. The Morgan fingerprint density at radius 1 is 1.03 bits per heavy atom. The van der Waals surface area contributed by atoms with Crippen LogP contribution in [0, 0.1) is 6.92 Å². The summed E-state index contributed by atoms with van der Waals surface area (Å²) in [5.41, 5.74) is 3.49. The molecule has 0 fully saturated rings. The number of ether oxygens (including phenoxy) is 1. The number of para-hydroxylation sites is 1. The second-order valence-corrected chi connectivity index (χ2v) is 10.4. The molecule has 1 amide bonds. The molecule has 1 heterocycles. The molecule has 0 aliphatic heterocycles. The van der Waals surface area contributed by atoms with Gasteiger partial charge >= 0.3 is 0 Å². The van der Waals surface area contributed by atoms with Crippen LogP contribution in [0.1, 0.15) is 15.9 Å². The smallest absolute Gasteiger partial charge is 0.264 e. The lowest BCUT2D eigenvalue weighted by Crippen LogP contribution is -2.26. The standard InChI is InChI=1S/C25H23N3O4S2/c1-17-9-14-23(32-3)21(15-17)22-16-33-25(26-22)27-24(29)18-10-12-20(13-11-18)34(30,31)28(2)19-7-5-4-6-8-19/h4-16H,1-3H3,(H,26,27,29). The van der Waals surface area contributed by atoms with Gasteiger partial charge in [-0.2, -0.15) is 0 Å². The molecule has 0 spiro atoms. The predicted octanol–water partition coefficient (Wildman–Crippen LogP) is 5.20. The Kier molecular flexibility index (Phi) is 6.67. The number of rotatable bonds is 7. The Morgan fingerprint density at radius 2 is 1.74 bits per heavy atom. The Bertz CT molecular complexity index is 1420. The summed E-state index contributed by atoms with van der Waals surface area (Å²) < 4.78 is 32.5. The van der Waals surface area contributed by atoms with Gasteiger partial charge in [0, 0.05) is 23.6 Å². The number of amides is 1. The average Bonchev–Trinajstić information content (AvgIpc) is 3.32. The minimum absolute atomic E-state index is 0.0958. The molecule has 0 aliphatic rings. The number of aryl methyl sites for hydroxylation is 1. The van der Waals surface area contributed by atoms with Gasteiger partial charge in [-0.15, -0.1) is 11.3 Å². The third kappa shape index (κ3) is 4.80. The minimum atomic E-state index is -3.75. The van der Waals surface area contributed by atoms with Crippen molar-refractivity contribution in [3.63, 3.8) is 0 Å². The van der Waals surface area contributed by atoms with Gasteiger partial charge in [0.25, 0.3) is 15.9 Å². The fourth-order valence-corrected chi connectivity index (χ4v) is 5.26. The topological polar surface area (TPSA) is 88.6 Å². The lowest BCUT2D eigenvalue weighted by Gasteiger charge is -2.19. The van der Waals surface area contributed by atoms with E-state index in [4.69, 9.17) is 4.74 Å². The van der Waals surface area contributed by atoms with Gasteiger partial charge in [-0.3, -0.25) is 14.4 Å². The van der Waals surface area contributed by atoms with E-state index in [2.05, 4.69) is 10.3 Å². The van der Waals surface area contributed by atoms with Crippen LogP contribution >= 0.6 is 11.3 Å². The first-order valence-electron chi connectivity index (χ1n) is 10.4. The van der Waals surface area contributed by atoms with Crippen LogP contribution in [-0.4, -0.2) is 33.5 Å². The number of nitrogens with one attached hydrogen (secondary N) is 1. The van der Waals surface area contributed by atoms with Crippen molar-refractivity contribution in [2.45, 2.75) is 11.8 Å². The van der Waals surface area contributed by atoms with E-state index in [1.54, 1.807) is 31.4 Å². The molecule has 34 heavy (non-hydrogen) atoms. The highest BCUT2D eigenvalue weighted by Crippen LogP contribution is 2.33. The van der Waals surface area contributed by atoms with E-state index >= 15 is 0 Å². The van der Waals surface area contributed by atoms with E-state index in [0.717, 1.165) is 11.1 Å². The van der Waals surface area contributed by atoms with Crippen molar-refractivity contribution >= 4 is 38.1 Å². The molecule has 0 unspecified atom stereocenters. The van der Waals surface area contributed by atoms with Crippen LogP contribution in [0.4, 0.5) is 10.8 Å². The van der Waals surface area contributed by atoms with Gasteiger partial charge in [-0.05, 0) is 55.5 Å². The molecular formula is C25H23N3O4S2. The number of sulfonamides is 1. The van der Waals surface area contributed by atoms with Crippen molar-refractivity contribution in [3.05, 3.63) is 89.3 Å².